The van der Waals surface area contributed by atoms with Crippen LogP contribution >= 0.6 is 9.24 Å². The van der Waals surface area contributed by atoms with Crippen molar-refractivity contribution in [2.45, 2.75) is 38.5 Å². The third-order valence-electron chi connectivity index (χ3n) is 2.85. The van der Waals surface area contributed by atoms with Crippen LogP contribution in [-0.2, 0) is 4.79 Å². The third-order valence-corrected chi connectivity index (χ3v) is 2.85. The van der Waals surface area contributed by atoms with E-state index >= 15 is 0 Å². The van der Waals surface area contributed by atoms with Gasteiger partial charge in [-0.05, 0) is 31.4 Å². The van der Waals surface area contributed by atoms with Crippen LogP contribution in [-0.4, -0.2) is 17.8 Å². The van der Waals surface area contributed by atoms with Gasteiger partial charge >= 0.3 is 0 Å². The zero-order valence-electron chi connectivity index (χ0n) is 12.8. The largest absolute Gasteiger partial charge is 0.326 e. The summed E-state index contributed by atoms with van der Waals surface area (Å²) in [6.45, 7) is 5.56. The van der Waals surface area contributed by atoms with Crippen molar-refractivity contribution in [1.82, 2.24) is 5.48 Å². The molecule has 1 aromatic carbocycles. The number of hydroxylamine groups is 1. The lowest BCUT2D eigenvalue weighted by Crippen LogP contribution is -2.10. The molecule has 0 saturated carbocycles. The van der Waals surface area contributed by atoms with Crippen molar-refractivity contribution >= 4 is 20.8 Å². The van der Waals surface area contributed by atoms with Gasteiger partial charge in [0.1, 0.15) is 0 Å². The number of carbonyl (C=O) groups excluding carboxylic acids is 1. The van der Waals surface area contributed by atoms with E-state index in [4.69, 9.17) is 5.21 Å². The van der Waals surface area contributed by atoms with Crippen LogP contribution < -0.4 is 10.8 Å². The van der Waals surface area contributed by atoms with Crippen molar-refractivity contribution in [3.8, 4) is 0 Å². The normalized spacial score (nSPS) is 9.29. The second-order valence-electron chi connectivity index (χ2n) is 4.54. The number of hydrogen-bond acceptors (Lipinski definition) is 3. The average Bonchev–Trinajstić information content (AvgIpc) is 2.53. The summed E-state index contributed by atoms with van der Waals surface area (Å²) in [6, 6.07) is 9.48. The molecule has 0 aliphatic carbocycles. The molecule has 0 spiro atoms. The molecule has 1 aromatic rings. The zero-order chi connectivity index (χ0) is 15.9. The van der Waals surface area contributed by atoms with Crippen molar-refractivity contribution in [3.63, 3.8) is 0 Å². The van der Waals surface area contributed by atoms with Gasteiger partial charge in [0.05, 0.1) is 0 Å². The second kappa shape index (κ2) is 13.6. The number of hydrogen-bond donors (Lipinski definition) is 3. The van der Waals surface area contributed by atoms with Gasteiger partial charge in [0.15, 0.2) is 0 Å². The number of amides is 1. The lowest BCUT2D eigenvalue weighted by molar-refractivity contribution is -0.116. The molecular formula is C16H27N2O2P. The zero-order valence-corrected chi connectivity index (χ0v) is 13.9. The van der Waals surface area contributed by atoms with E-state index in [2.05, 4.69) is 21.1 Å². The number of unbranched alkanes of at least 4 members (excludes halogenated alkanes) is 3. The van der Waals surface area contributed by atoms with Crippen LogP contribution in [0, 0.1) is 0 Å². The van der Waals surface area contributed by atoms with Gasteiger partial charge in [0.25, 0.3) is 0 Å². The molecule has 21 heavy (non-hydrogen) atoms. The highest BCUT2D eigenvalue weighted by atomic mass is 31.0. The maximum Gasteiger partial charge on any atom is 0.224 e. The Balaban J connectivity index is 0.00000191. The molecule has 3 N–H and O–H groups in total. The number of nitrogens with one attached hydrogen (secondary N) is 2. The summed E-state index contributed by atoms with van der Waals surface area (Å²) < 4.78 is 0. The number of anilines is 1. The first-order chi connectivity index (χ1) is 10.2. The SMILES string of the molecule is C=C(CCCCCCC(=O)Nc1ccccc1)NO.CP. The van der Waals surface area contributed by atoms with Crippen molar-refractivity contribution < 1.29 is 10.0 Å². The lowest BCUT2D eigenvalue weighted by atomic mass is 10.1. The van der Waals surface area contributed by atoms with E-state index in [1.165, 1.54) is 0 Å². The van der Waals surface area contributed by atoms with E-state index in [1.807, 2.05) is 42.5 Å². The predicted molar refractivity (Wildman–Crippen MR) is 92.5 cm³/mol. The van der Waals surface area contributed by atoms with Crippen molar-refractivity contribution in [2.24, 2.45) is 0 Å². The summed E-state index contributed by atoms with van der Waals surface area (Å²) in [5.74, 6) is 0.0626. The Morgan fingerprint density at radius 1 is 1.10 bits per heavy atom. The van der Waals surface area contributed by atoms with Gasteiger partial charge < -0.3 is 5.32 Å². The molecule has 0 aromatic heterocycles. The van der Waals surface area contributed by atoms with E-state index in [9.17, 15) is 4.79 Å². The van der Waals surface area contributed by atoms with Crippen LogP contribution in [0.1, 0.15) is 38.5 Å². The Hall–Kier alpha value is -1.38. The summed E-state index contributed by atoms with van der Waals surface area (Å²) in [5, 5.41) is 11.4. The number of para-hydroxylation sites is 1. The van der Waals surface area contributed by atoms with Gasteiger partial charge in [0.2, 0.25) is 5.91 Å². The third kappa shape index (κ3) is 11.0. The molecule has 1 rings (SSSR count). The molecule has 118 valence electrons. The van der Waals surface area contributed by atoms with Crippen LogP contribution in [0.3, 0.4) is 0 Å². The molecule has 4 nitrogen and oxygen atoms in total. The molecule has 1 unspecified atom stereocenters. The minimum atomic E-state index is 0.0626. The van der Waals surface area contributed by atoms with Crippen molar-refractivity contribution in [2.75, 3.05) is 12.0 Å². The maximum atomic E-state index is 11.6. The highest BCUT2D eigenvalue weighted by Crippen LogP contribution is 2.10. The van der Waals surface area contributed by atoms with Crippen LogP contribution in [0.25, 0.3) is 0 Å². The van der Waals surface area contributed by atoms with Crippen LogP contribution in [0.2, 0.25) is 0 Å². The first-order valence-corrected chi connectivity index (χ1v) is 8.38. The fourth-order valence-electron chi connectivity index (χ4n) is 1.78. The van der Waals surface area contributed by atoms with E-state index < -0.39 is 0 Å². The highest BCUT2D eigenvalue weighted by Gasteiger charge is 2.01. The second-order valence-corrected chi connectivity index (χ2v) is 4.54. The quantitative estimate of drug-likeness (QED) is 0.368. The van der Waals surface area contributed by atoms with Crippen LogP contribution in [0.4, 0.5) is 5.69 Å². The van der Waals surface area contributed by atoms with Gasteiger partial charge in [-0.1, -0.05) is 44.3 Å². The van der Waals surface area contributed by atoms with Gasteiger partial charge in [0, 0.05) is 17.8 Å². The molecule has 0 saturated heterocycles. The highest BCUT2D eigenvalue weighted by molar-refractivity contribution is 7.15. The molecule has 0 aliphatic heterocycles. The fraction of sp³-hybridized carbons (Fsp3) is 0.438. The van der Waals surface area contributed by atoms with Gasteiger partial charge in [-0.25, -0.2) is 0 Å². The summed E-state index contributed by atoms with van der Waals surface area (Å²) in [4.78, 5) is 11.6. The molecule has 1 amide bonds. The Kier molecular flexibility index (Phi) is 12.7. The minimum Gasteiger partial charge on any atom is -0.326 e. The first kappa shape index (κ1) is 19.6. The standard InChI is InChI=1S/C15H22N2O2.CH5P/c1-13(17-19)9-5-2-3-8-12-15(18)16-14-10-6-4-7-11-14;1-2/h4,6-7,10-11,17,19H,1-3,5,8-9,12H2,(H,16,18);2H2,1H3. The average molecular weight is 310 g/mol. The number of allylic oxidation sites excluding steroid dienone is 1. The fourth-order valence-corrected chi connectivity index (χ4v) is 1.78. The minimum absolute atomic E-state index is 0.0626. The molecule has 5 heteroatoms. The lowest BCUT2D eigenvalue weighted by Gasteiger charge is -2.05. The van der Waals surface area contributed by atoms with Crippen molar-refractivity contribution in [3.05, 3.63) is 42.6 Å². The molecule has 1 atom stereocenters. The molecular weight excluding hydrogens is 283 g/mol. The summed E-state index contributed by atoms with van der Waals surface area (Å²) in [5.41, 5.74) is 3.53. The maximum absolute atomic E-state index is 11.6. The van der Waals surface area contributed by atoms with E-state index in [1.54, 1.807) is 0 Å². The summed E-state index contributed by atoms with van der Waals surface area (Å²) >= 11 is 0. The van der Waals surface area contributed by atoms with Gasteiger partial charge in [-0.2, -0.15) is 0 Å². The number of carbonyl (C=O) groups is 1. The number of rotatable bonds is 9. The Morgan fingerprint density at radius 2 is 1.67 bits per heavy atom. The van der Waals surface area contributed by atoms with Gasteiger partial charge in [-0.3, -0.25) is 15.5 Å². The summed E-state index contributed by atoms with van der Waals surface area (Å²) in [6.07, 6.45) is 5.24. The molecule has 0 bridgehead atoms. The molecule has 0 aliphatic rings. The molecule has 0 heterocycles. The smallest absolute Gasteiger partial charge is 0.224 e. The predicted octanol–water partition coefficient (Wildman–Crippen LogP) is 3.95. The van der Waals surface area contributed by atoms with E-state index in [-0.39, 0.29) is 5.91 Å². The van der Waals surface area contributed by atoms with E-state index in [0.29, 0.717) is 12.1 Å². The Morgan fingerprint density at radius 3 is 2.24 bits per heavy atom. The summed E-state index contributed by atoms with van der Waals surface area (Å²) in [7, 11) is 2.42. The molecule has 0 radical (unpaired) electrons. The first-order valence-electron chi connectivity index (χ1n) is 7.23. The number of benzene rings is 1. The van der Waals surface area contributed by atoms with E-state index in [0.717, 1.165) is 37.8 Å². The van der Waals surface area contributed by atoms with Crippen LogP contribution in [0.15, 0.2) is 42.6 Å². The Labute approximate surface area is 130 Å². The monoisotopic (exact) mass is 310 g/mol. The molecule has 0 fully saturated rings. The Bertz CT molecular complexity index is 397. The topological polar surface area (TPSA) is 61.4 Å². The van der Waals surface area contributed by atoms with Crippen molar-refractivity contribution in [1.29, 1.82) is 0 Å². The van der Waals surface area contributed by atoms with Gasteiger partial charge in [-0.15, -0.1) is 9.24 Å². The van der Waals surface area contributed by atoms with Crippen LogP contribution in [0.5, 0.6) is 0 Å².